The van der Waals surface area contributed by atoms with Crippen LogP contribution in [0.25, 0.3) is 0 Å². The van der Waals surface area contributed by atoms with Crippen molar-refractivity contribution in [2.24, 2.45) is 0 Å². The van der Waals surface area contributed by atoms with E-state index < -0.39 is 6.93 Å². The number of ether oxygens (including phenoxy) is 1. The van der Waals surface area contributed by atoms with Gasteiger partial charge in [-0.05, 0) is 24.3 Å². The smallest absolute Gasteiger partial charge is 0.229 e. The molecular formula is C8H9ClF2O. The topological polar surface area (TPSA) is 9.23 Å². The van der Waals surface area contributed by atoms with Gasteiger partial charge in [0.25, 0.3) is 0 Å². The van der Waals surface area contributed by atoms with Crippen molar-refractivity contribution in [3.05, 3.63) is 29.3 Å². The van der Waals surface area contributed by atoms with Crippen molar-refractivity contribution in [3.8, 4) is 5.75 Å². The van der Waals surface area contributed by atoms with E-state index in [1.54, 1.807) is 19.2 Å². The van der Waals surface area contributed by atoms with Gasteiger partial charge in [-0.3, -0.25) is 0 Å². The summed E-state index contributed by atoms with van der Waals surface area (Å²) in [5, 5.41) is 0.732. The van der Waals surface area contributed by atoms with Crippen molar-refractivity contribution >= 4 is 11.6 Å². The Bertz CT molecular complexity index is 201. The van der Waals surface area contributed by atoms with E-state index in [1.807, 2.05) is 12.1 Å². The molecule has 0 fully saturated rings. The van der Waals surface area contributed by atoms with Gasteiger partial charge in [0.15, 0.2) is 0 Å². The number of halogens is 3. The Morgan fingerprint density at radius 1 is 1.25 bits per heavy atom. The van der Waals surface area contributed by atoms with E-state index in [0.29, 0.717) is 0 Å². The molecule has 4 heteroatoms. The highest BCUT2D eigenvalue weighted by Crippen LogP contribution is 2.14. The van der Waals surface area contributed by atoms with Crippen LogP contribution in [0.2, 0.25) is 5.02 Å². The molecule has 1 aromatic rings. The Balaban J connectivity index is 0.000000354. The molecule has 0 amide bonds. The first-order valence-corrected chi connectivity index (χ1v) is 3.54. The van der Waals surface area contributed by atoms with E-state index in [9.17, 15) is 8.78 Å². The standard InChI is InChI=1S/C7H7ClO.CH2F2/c1-9-7-4-2-6(8)3-5-7;2-1-3/h2-5H,1H3;1H2. The third kappa shape index (κ3) is 4.91. The fraction of sp³-hybridized carbons (Fsp3) is 0.250. The van der Waals surface area contributed by atoms with E-state index >= 15 is 0 Å². The normalized spacial score (nSPS) is 8.33. The van der Waals surface area contributed by atoms with Crippen LogP contribution < -0.4 is 4.74 Å². The van der Waals surface area contributed by atoms with Gasteiger partial charge in [0, 0.05) is 5.02 Å². The molecule has 0 bridgehead atoms. The second-order valence-electron chi connectivity index (χ2n) is 1.76. The molecule has 0 saturated carbocycles. The van der Waals surface area contributed by atoms with Crippen molar-refractivity contribution in [1.82, 2.24) is 0 Å². The summed E-state index contributed by atoms with van der Waals surface area (Å²) in [4.78, 5) is 0. The summed E-state index contributed by atoms with van der Waals surface area (Å²) in [6, 6.07) is 7.23. The molecule has 68 valence electrons. The second-order valence-corrected chi connectivity index (χ2v) is 2.20. The van der Waals surface area contributed by atoms with Gasteiger partial charge in [0.05, 0.1) is 7.11 Å². The molecule has 0 N–H and O–H groups in total. The van der Waals surface area contributed by atoms with Crippen LogP contribution in [-0.4, -0.2) is 14.0 Å². The maximum Gasteiger partial charge on any atom is 0.229 e. The van der Waals surface area contributed by atoms with E-state index in [-0.39, 0.29) is 0 Å². The summed E-state index contributed by atoms with van der Waals surface area (Å²) in [7, 11) is 1.63. The molecule has 0 aliphatic heterocycles. The second kappa shape index (κ2) is 6.85. The Labute approximate surface area is 74.9 Å². The predicted octanol–water partition coefficient (Wildman–Crippen LogP) is 3.23. The number of alkyl halides is 2. The van der Waals surface area contributed by atoms with Crippen LogP contribution >= 0.6 is 11.6 Å². The molecule has 1 aromatic carbocycles. The lowest BCUT2D eigenvalue weighted by Crippen LogP contribution is -1.79. The first-order chi connectivity index (χ1) is 5.74. The zero-order chi connectivity index (χ0) is 9.40. The Kier molecular flexibility index (Phi) is 6.38. The van der Waals surface area contributed by atoms with Crippen LogP contribution in [0.15, 0.2) is 24.3 Å². The molecule has 0 unspecified atom stereocenters. The van der Waals surface area contributed by atoms with Gasteiger partial charge < -0.3 is 4.74 Å². The highest BCUT2D eigenvalue weighted by atomic mass is 35.5. The minimum Gasteiger partial charge on any atom is -0.497 e. The predicted molar refractivity (Wildman–Crippen MR) is 45.1 cm³/mol. The third-order valence-electron chi connectivity index (χ3n) is 1.05. The summed E-state index contributed by atoms with van der Waals surface area (Å²) in [5.41, 5.74) is 0. The third-order valence-corrected chi connectivity index (χ3v) is 1.30. The Morgan fingerprint density at radius 2 is 1.67 bits per heavy atom. The average Bonchev–Trinajstić information content (AvgIpc) is 2.07. The average molecular weight is 195 g/mol. The van der Waals surface area contributed by atoms with E-state index in [2.05, 4.69) is 0 Å². The lowest BCUT2D eigenvalue weighted by atomic mass is 10.3. The molecule has 0 aliphatic carbocycles. The van der Waals surface area contributed by atoms with Gasteiger partial charge in [0.1, 0.15) is 5.75 Å². The maximum absolute atomic E-state index is 9.62. The molecule has 0 aliphatic rings. The molecule has 1 nitrogen and oxygen atoms in total. The highest BCUT2D eigenvalue weighted by Gasteiger charge is 1.87. The van der Waals surface area contributed by atoms with E-state index in [4.69, 9.17) is 16.3 Å². The van der Waals surface area contributed by atoms with Gasteiger partial charge in [0.2, 0.25) is 6.93 Å². The van der Waals surface area contributed by atoms with Gasteiger partial charge in [-0.25, -0.2) is 8.78 Å². The minimum absolute atomic E-state index is 0.732. The van der Waals surface area contributed by atoms with E-state index in [0.717, 1.165) is 10.8 Å². The van der Waals surface area contributed by atoms with Crippen LogP contribution in [0.4, 0.5) is 8.78 Å². The molecular weight excluding hydrogens is 186 g/mol. The molecule has 0 aromatic heterocycles. The monoisotopic (exact) mass is 194 g/mol. The number of hydrogen-bond acceptors (Lipinski definition) is 1. The van der Waals surface area contributed by atoms with Crippen molar-refractivity contribution in [1.29, 1.82) is 0 Å². The first-order valence-electron chi connectivity index (χ1n) is 3.16. The molecule has 0 spiro atoms. The molecule has 0 radical (unpaired) electrons. The van der Waals surface area contributed by atoms with Crippen molar-refractivity contribution in [2.45, 2.75) is 0 Å². The number of methoxy groups -OCH3 is 1. The summed E-state index contributed by atoms with van der Waals surface area (Å²) in [6.07, 6.45) is 0. The van der Waals surface area contributed by atoms with Gasteiger partial charge in [-0.1, -0.05) is 11.6 Å². The highest BCUT2D eigenvalue weighted by molar-refractivity contribution is 6.30. The largest absolute Gasteiger partial charge is 0.497 e. The summed E-state index contributed by atoms with van der Waals surface area (Å²) in [6.45, 7) is -1.75. The van der Waals surface area contributed by atoms with Crippen molar-refractivity contribution in [3.63, 3.8) is 0 Å². The lowest BCUT2D eigenvalue weighted by molar-refractivity contribution is 0.295. The molecule has 1 rings (SSSR count). The molecule has 12 heavy (non-hydrogen) atoms. The Hall–Kier alpha value is -0.830. The maximum atomic E-state index is 9.62. The van der Waals surface area contributed by atoms with Crippen LogP contribution in [0, 0.1) is 0 Å². The number of hydrogen-bond donors (Lipinski definition) is 0. The summed E-state index contributed by atoms with van der Waals surface area (Å²) >= 11 is 5.61. The lowest BCUT2D eigenvalue weighted by Gasteiger charge is -1.96. The minimum atomic E-state index is -1.75. The quantitative estimate of drug-likeness (QED) is 0.667. The number of benzene rings is 1. The van der Waals surface area contributed by atoms with Gasteiger partial charge in [-0.2, -0.15) is 0 Å². The van der Waals surface area contributed by atoms with Crippen LogP contribution in [0.3, 0.4) is 0 Å². The fourth-order valence-corrected chi connectivity index (χ4v) is 0.697. The van der Waals surface area contributed by atoms with Crippen molar-refractivity contribution < 1.29 is 13.5 Å². The summed E-state index contributed by atoms with van der Waals surface area (Å²) in [5.74, 6) is 0.833. The Morgan fingerprint density at radius 3 is 2.00 bits per heavy atom. The van der Waals surface area contributed by atoms with Crippen molar-refractivity contribution in [2.75, 3.05) is 14.0 Å². The first kappa shape index (κ1) is 11.2. The number of rotatable bonds is 1. The fourth-order valence-electron chi connectivity index (χ4n) is 0.571. The van der Waals surface area contributed by atoms with Crippen LogP contribution in [0.1, 0.15) is 0 Å². The molecule has 0 atom stereocenters. The SMILES string of the molecule is COc1ccc(Cl)cc1.FCF. The van der Waals surface area contributed by atoms with Gasteiger partial charge >= 0.3 is 0 Å². The molecule has 0 saturated heterocycles. The van der Waals surface area contributed by atoms with Crippen LogP contribution in [-0.2, 0) is 0 Å². The van der Waals surface area contributed by atoms with E-state index in [1.165, 1.54) is 0 Å². The summed E-state index contributed by atoms with van der Waals surface area (Å²) < 4.78 is 24.2. The zero-order valence-corrected chi connectivity index (χ0v) is 7.31. The molecule has 0 heterocycles. The zero-order valence-electron chi connectivity index (χ0n) is 6.56. The van der Waals surface area contributed by atoms with Crippen LogP contribution in [0.5, 0.6) is 5.75 Å². The van der Waals surface area contributed by atoms with Gasteiger partial charge in [-0.15, -0.1) is 0 Å².